The lowest BCUT2D eigenvalue weighted by atomic mass is 10.1. The zero-order chi connectivity index (χ0) is 15.4. The van der Waals surface area contributed by atoms with Crippen molar-refractivity contribution in [2.24, 2.45) is 0 Å². The molecule has 0 radical (unpaired) electrons. The van der Waals surface area contributed by atoms with E-state index in [0.717, 1.165) is 0 Å². The van der Waals surface area contributed by atoms with Gasteiger partial charge in [-0.05, 0) is 18.2 Å². The summed E-state index contributed by atoms with van der Waals surface area (Å²) < 4.78 is 18.9. The van der Waals surface area contributed by atoms with Crippen LogP contribution in [-0.2, 0) is 9.53 Å². The second-order valence-electron chi connectivity index (χ2n) is 4.22. The van der Waals surface area contributed by atoms with E-state index in [1.54, 1.807) is 30.3 Å². The summed E-state index contributed by atoms with van der Waals surface area (Å²) in [5, 5.41) is 3.22. The molecule has 110 valence electrons. The summed E-state index contributed by atoms with van der Waals surface area (Å²) in [6, 6.07) is 10.2. The second-order valence-corrected chi connectivity index (χ2v) is 5.04. The third kappa shape index (κ3) is 3.46. The van der Waals surface area contributed by atoms with Crippen LogP contribution in [0.4, 0.5) is 10.1 Å². The van der Waals surface area contributed by atoms with Gasteiger partial charge >= 0.3 is 5.97 Å². The number of esters is 1. The lowest BCUT2D eigenvalue weighted by Gasteiger charge is -2.19. The van der Waals surface area contributed by atoms with Crippen LogP contribution in [0.2, 0.25) is 10.0 Å². The number of rotatable bonds is 4. The number of benzene rings is 2. The van der Waals surface area contributed by atoms with E-state index in [1.807, 2.05) is 0 Å². The van der Waals surface area contributed by atoms with E-state index in [4.69, 9.17) is 27.9 Å². The summed E-state index contributed by atoms with van der Waals surface area (Å²) in [4.78, 5) is 12.0. The minimum absolute atomic E-state index is 0.0673. The van der Waals surface area contributed by atoms with Crippen LogP contribution < -0.4 is 5.32 Å². The molecule has 1 N–H and O–H groups in total. The molecule has 0 aliphatic rings. The Balaban J connectivity index is 2.42. The van der Waals surface area contributed by atoms with E-state index in [2.05, 4.69) is 5.32 Å². The van der Waals surface area contributed by atoms with E-state index < -0.39 is 17.8 Å². The molecule has 2 aromatic rings. The summed E-state index contributed by atoms with van der Waals surface area (Å²) in [5.74, 6) is -1.31. The maximum atomic E-state index is 14.1. The first-order chi connectivity index (χ1) is 10.0. The number of ether oxygens (including phenoxy) is 1. The van der Waals surface area contributed by atoms with Gasteiger partial charge in [-0.15, -0.1) is 0 Å². The monoisotopic (exact) mass is 327 g/mol. The molecule has 0 aliphatic heterocycles. The molecular weight excluding hydrogens is 316 g/mol. The second kappa shape index (κ2) is 6.78. The van der Waals surface area contributed by atoms with Gasteiger partial charge in [0.1, 0.15) is 5.82 Å². The van der Waals surface area contributed by atoms with E-state index in [0.29, 0.717) is 10.7 Å². The third-order valence-corrected chi connectivity index (χ3v) is 3.52. The van der Waals surface area contributed by atoms with Crippen molar-refractivity contribution in [3.8, 4) is 0 Å². The number of methoxy groups -OCH3 is 1. The number of para-hydroxylation sites is 1. The quantitative estimate of drug-likeness (QED) is 0.842. The number of hydrogen-bond donors (Lipinski definition) is 1. The first-order valence-corrected chi connectivity index (χ1v) is 6.83. The highest BCUT2D eigenvalue weighted by atomic mass is 35.5. The molecule has 3 nitrogen and oxygen atoms in total. The van der Waals surface area contributed by atoms with Crippen molar-refractivity contribution in [3.63, 3.8) is 0 Å². The van der Waals surface area contributed by atoms with Crippen molar-refractivity contribution in [2.75, 3.05) is 12.4 Å². The van der Waals surface area contributed by atoms with Crippen molar-refractivity contribution in [1.82, 2.24) is 0 Å². The molecule has 0 saturated heterocycles. The van der Waals surface area contributed by atoms with Crippen LogP contribution in [0.15, 0.2) is 42.5 Å². The van der Waals surface area contributed by atoms with Gasteiger partial charge in [0.25, 0.3) is 0 Å². The first kappa shape index (κ1) is 15.6. The van der Waals surface area contributed by atoms with Crippen molar-refractivity contribution in [2.45, 2.75) is 6.04 Å². The molecule has 1 atom stereocenters. The highest BCUT2D eigenvalue weighted by Crippen LogP contribution is 2.30. The predicted molar refractivity (Wildman–Crippen MR) is 81.2 cm³/mol. The smallest absolute Gasteiger partial charge is 0.333 e. The highest BCUT2D eigenvalue weighted by molar-refractivity contribution is 6.33. The van der Waals surface area contributed by atoms with E-state index in [-0.39, 0.29) is 10.6 Å². The lowest BCUT2D eigenvalue weighted by Crippen LogP contribution is -2.23. The molecule has 1 unspecified atom stereocenters. The third-order valence-electron chi connectivity index (χ3n) is 2.90. The van der Waals surface area contributed by atoms with Crippen molar-refractivity contribution in [1.29, 1.82) is 0 Å². The number of hydrogen-bond acceptors (Lipinski definition) is 3. The summed E-state index contributed by atoms with van der Waals surface area (Å²) in [6.45, 7) is 0. The van der Waals surface area contributed by atoms with Crippen LogP contribution in [0.3, 0.4) is 0 Å². The van der Waals surface area contributed by atoms with Gasteiger partial charge < -0.3 is 10.1 Å². The minimum atomic E-state index is -1.05. The molecule has 6 heteroatoms. The van der Waals surface area contributed by atoms with Crippen molar-refractivity contribution >= 4 is 34.9 Å². The van der Waals surface area contributed by atoms with Crippen LogP contribution in [0.1, 0.15) is 11.6 Å². The van der Waals surface area contributed by atoms with Gasteiger partial charge in [-0.2, -0.15) is 0 Å². The molecule has 0 saturated carbocycles. The molecule has 0 bridgehead atoms. The standard InChI is InChI=1S/C15H12Cl2FNO2/c1-21-15(20)14(9-5-4-7-11(17)13(9)18)19-12-8-3-2-6-10(12)16/h2-8,14,19H,1H3. The number of anilines is 1. The average Bonchev–Trinajstić information content (AvgIpc) is 2.49. The number of carbonyl (C=O) groups excluding carboxylic acids is 1. The van der Waals surface area contributed by atoms with Crippen LogP contribution in [0, 0.1) is 5.82 Å². The molecular formula is C15H12Cl2FNO2. The van der Waals surface area contributed by atoms with Crippen LogP contribution >= 0.6 is 23.2 Å². The fourth-order valence-electron chi connectivity index (χ4n) is 1.86. The molecule has 0 heterocycles. The molecule has 0 aromatic heterocycles. The minimum Gasteiger partial charge on any atom is -0.467 e. The van der Waals surface area contributed by atoms with Crippen molar-refractivity contribution in [3.05, 3.63) is 63.9 Å². The Morgan fingerprint density at radius 2 is 1.81 bits per heavy atom. The first-order valence-electron chi connectivity index (χ1n) is 6.07. The summed E-state index contributed by atoms with van der Waals surface area (Å²) in [5.41, 5.74) is 0.586. The maximum absolute atomic E-state index is 14.1. The Kier molecular flexibility index (Phi) is 5.04. The fraction of sp³-hybridized carbons (Fsp3) is 0.133. The number of carbonyl (C=O) groups is 1. The largest absolute Gasteiger partial charge is 0.467 e. The average molecular weight is 328 g/mol. The number of halogens is 3. The van der Waals surface area contributed by atoms with E-state index >= 15 is 0 Å². The van der Waals surface area contributed by atoms with Gasteiger partial charge in [-0.1, -0.05) is 47.5 Å². The lowest BCUT2D eigenvalue weighted by molar-refractivity contribution is -0.141. The molecule has 0 spiro atoms. The topological polar surface area (TPSA) is 38.3 Å². The molecule has 0 aliphatic carbocycles. The molecule has 2 rings (SSSR count). The Labute approximate surface area is 131 Å². The Hall–Kier alpha value is -1.78. The summed E-state index contributed by atoms with van der Waals surface area (Å²) >= 11 is 11.8. The predicted octanol–water partition coefficient (Wildman–Crippen LogP) is 4.46. The van der Waals surface area contributed by atoms with Gasteiger partial charge in [0.05, 0.1) is 22.8 Å². The Morgan fingerprint density at radius 3 is 2.48 bits per heavy atom. The number of nitrogens with one attached hydrogen (secondary N) is 1. The zero-order valence-corrected chi connectivity index (χ0v) is 12.6. The zero-order valence-electron chi connectivity index (χ0n) is 11.1. The molecule has 21 heavy (non-hydrogen) atoms. The molecule has 0 amide bonds. The van der Waals surface area contributed by atoms with Crippen LogP contribution in [-0.4, -0.2) is 13.1 Å². The normalized spacial score (nSPS) is 11.8. The summed E-state index contributed by atoms with van der Waals surface area (Å²) in [7, 11) is 1.23. The maximum Gasteiger partial charge on any atom is 0.333 e. The van der Waals surface area contributed by atoms with E-state index in [1.165, 1.54) is 19.2 Å². The fourth-order valence-corrected chi connectivity index (χ4v) is 2.23. The van der Waals surface area contributed by atoms with Crippen molar-refractivity contribution < 1.29 is 13.9 Å². The van der Waals surface area contributed by atoms with Crippen LogP contribution in [0.5, 0.6) is 0 Å². The molecule has 0 fully saturated rings. The Morgan fingerprint density at radius 1 is 1.14 bits per heavy atom. The Bertz CT molecular complexity index is 664. The van der Waals surface area contributed by atoms with E-state index in [9.17, 15) is 9.18 Å². The van der Waals surface area contributed by atoms with Crippen LogP contribution in [0.25, 0.3) is 0 Å². The van der Waals surface area contributed by atoms with Gasteiger partial charge in [-0.25, -0.2) is 9.18 Å². The summed E-state index contributed by atoms with van der Waals surface area (Å²) in [6.07, 6.45) is 0. The highest BCUT2D eigenvalue weighted by Gasteiger charge is 2.26. The van der Waals surface area contributed by atoms with Gasteiger partial charge in [0.2, 0.25) is 0 Å². The van der Waals surface area contributed by atoms with Gasteiger partial charge in [0.15, 0.2) is 6.04 Å². The van der Waals surface area contributed by atoms with Gasteiger partial charge in [-0.3, -0.25) is 0 Å². The van der Waals surface area contributed by atoms with Gasteiger partial charge in [0, 0.05) is 5.56 Å². The molecule has 2 aromatic carbocycles. The SMILES string of the molecule is COC(=O)C(Nc1ccccc1Cl)c1cccc(Cl)c1F.